The van der Waals surface area contributed by atoms with Crippen molar-refractivity contribution >= 4 is 21.6 Å². The van der Waals surface area contributed by atoms with Crippen molar-refractivity contribution in [2.45, 2.75) is 25.7 Å². The zero-order chi connectivity index (χ0) is 13.0. The van der Waals surface area contributed by atoms with Crippen LogP contribution in [0.2, 0.25) is 0 Å². The van der Waals surface area contributed by atoms with E-state index in [2.05, 4.69) is 10.0 Å². The molecule has 0 atom stereocenters. The highest BCUT2D eigenvalue weighted by Gasteiger charge is 2.14. The van der Waals surface area contributed by atoms with Gasteiger partial charge in [-0.3, -0.25) is 4.72 Å². The quantitative estimate of drug-likeness (QED) is 0.763. The first-order valence-electron chi connectivity index (χ1n) is 6.17. The summed E-state index contributed by atoms with van der Waals surface area (Å²) in [6.45, 7) is 0.943. The van der Waals surface area contributed by atoms with Crippen LogP contribution in [0.4, 0.5) is 11.4 Å². The maximum atomic E-state index is 10.9. The Bertz CT molecular complexity index is 496. The molecule has 0 radical (unpaired) electrons. The Hall–Kier alpha value is -1.27. The minimum Gasteiger partial charge on any atom is -0.385 e. The molecule has 0 aliphatic heterocycles. The summed E-state index contributed by atoms with van der Waals surface area (Å²) in [5.41, 5.74) is 1.39. The maximum absolute atomic E-state index is 10.9. The predicted molar refractivity (Wildman–Crippen MR) is 73.6 cm³/mol. The normalized spacial score (nSPS) is 16.7. The highest BCUT2D eigenvalue weighted by atomic mass is 32.2. The Morgan fingerprint density at radius 1 is 1.22 bits per heavy atom. The highest BCUT2D eigenvalue weighted by Crippen LogP contribution is 2.25. The molecule has 6 heteroatoms. The summed E-state index contributed by atoms with van der Waals surface area (Å²) < 4.78 is 24.1. The van der Waals surface area contributed by atoms with Crippen molar-refractivity contribution in [3.8, 4) is 0 Å². The van der Waals surface area contributed by atoms with Gasteiger partial charge in [-0.15, -0.1) is 0 Å². The van der Waals surface area contributed by atoms with Crippen LogP contribution in [0.15, 0.2) is 24.3 Å². The van der Waals surface area contributed by atoms with Crippen LogP contribution < -0.4 is 15.2 Å². The third-order valence-corrected chi connectivity index (χ3v) is 3.71. The summed E-state index contributed by atoms with van der Waals surface area (Å²) in [5.74, 6) is 0.736. The topological polar surface area (TPSA) is 84.2 Å². The van der Waals surface area contributed by atoms with Crippen LogP contribution in [0, 0.1) is 5.92 Å². The molecule has 1 saturated carbocycles. The van der Waals surface area contributed by atoms with Gasteiger partial charge in [-0.25, -0.2) is 5.14 Å². The van der Waals surface area contributed by atoms with Gasteiger partial charge in [0, 0.05) is 12.2 Å². The van der Waals surface area contributed by atoms with E-state index in [4.69, 9.17) is 5.14 Å². The van der Waals surface area contributed by atoms with Gasteiger partial charge in [-0.05, 0) is 37.0 Å². The molecule has 100 valence electrons. The predicted octanol–water partition coefficient (Wildman–Crippen LogP) is 1.90. The first-order valence-corrected chi connectivity index (χ1v) is 7.72. The Morgan fingerprint density at radius 2 is 1.89 bits per heavy atom. The second-order valence-corrected chi connectivity index (χ2v) is 6.05. The second-order valence-electron chi connectivity index (χ2n) is 4.76. The first kappa shape index (κ1) is 13.2. The molecule has 18 heavy (non-hydrogen) atoms. The van der Waals surface area contributed by atoms with Gasteiger partial charge in [0.15, 0.2) is 0 Å². The van der Waals surface area contributed by atoms with Crippen molar-refractivity contribution in [2.24, 2.45) is 11.1 Å². The van der Waals surface area contributed by atoms with E-state index in [-0.39, 0.29) is 0 Å². The van der Waals surface area contributed by atoms with Crippen LogP contribution in [0.25, 0.3) is 0 Å². The summed E-state index contributed by atoms with van der Waals surface area (Å²) in [6.07, 6.45) is 5.20. The smallest absolute Gasteiger partial charge is 0.296 e. The summed E-state index contributed by atoms with van der Waals surface area (Å²) in [4.78, 5) is 0. The molecule has 0 heterocycles. The second kappa shape index (κ2) is 5.58. The van der Waals surface area contributed by atoms with Gasteiger partial charge < -0.3 is 5.32 Å². The largest absolute Gasteiger partial charge is 0.385 e. The van der Waals surface area contributed by atoms with E-state index < -0.39 is 10.2 Å². The Kier molecular flexibility index (Phi) is 4.08. The average molecular weight is 269 g/mol. The SMILES string of the molecule is NS(=O)(=O)Nc1cccc(NCC2CCCC2)c1. The zero-order valence-electron chi connectivity index (χ0n) is 10.2. The van der Waals surface area contributed by atoms with Crippen LogP contribution in [0.3, 0.4) is 0 Å². The van der Waals surface area contributed by atoms with Gasteiger partial charge in [0.1, 0.15) is 0 Å². The van der Waals surface area contributed by atoms with Crippen LogP contribution in [-0.2, 0) is 10.2 Å². The van der Waals surface area contributed by atoms with Crippen molar-refractivity contribution in [3.05, 3.63) is 24.3 Å². The molecule has 0 bridgehead atoms. The van der Waals surface area contributed by atoms with Gasteiger partial charge in [0.05, 0.1) is 5.69 Å². The average Bonchev–Trinajstić information content (AvgIpc) is 2.77. The molecule has 5 nitrogen and oxygen atoms in total. The molecule has 4 N–H and O–H groups in total. The van der Waals surface area contributed by atoms with Gasteiger partial charge in [-0.1, -0.05) is 18.9 Å². The van der Waals surface area contributed by atoms with Crippen molar-refractivity contribution < 1.29 is 8.42 Å². The number of benzene rings is 1. The summed E-state index contributed by atoms with van der Waals surface area (Å²) >= 11 is 0. The molecular formula is C12H19N3O2S. The van der Waals surface area contributed by atoms with Crippen LogP contribution >= 0.6 is 0 Å². The fraction of sp³-hybridized carbons (Fsp3) is 0.500. The monoisotopic (exact) mass is 269 g/mol. The maximum Gasteiger partial charge on any atom is 0.296 e. The van der Waals surface area contributed by atoms with Crippen molar-refractivity contribution in [3.63, 3.8) is 0 Å². The van der Waals surface area contributed by atoms with Gasteiger partial charge in [-0.2, -0.15) is 8.42 Å². The lowest BCUT2D eigenvalue weighted by molar-refractivity contribution is 0.580. The number of nitrogens with one attached hydrogen (secondary N) is 2. The Labute approximate surface area is 108 Å². The lowest BCUT2D eigenvalue weighted by atomic mass is 10.1. The van der Waals surface area contributed by atoms with E-state index in [0.717, 1.165) is 18.2 Å². The van der Waals surface area contributed by atoms with Crippen molar-refractivity contribution in [2.75, 3.05) is 16.6 Å². The minimum atomic E-state index is -3.70. The van der Waals surface area contributed by atoms with Crippen LogP contribution in [0.1, 0.15) is 25.7 Å². The fourth-order valence-corrected chi connectivity index (χ4v) is 2.79. The number of anilines is 2. The molecule has 0 unspecified atom stereocenters. The van der Waals surface area contributed by atoms with Gasteiger partial charge in [0.2, 0.25) is 0 Å². The molecular weight excluding hydrogens is 250 g/mol. The van der Waals surface area contributed by atoms with Crippen molar-refractivity contribution in [1.82, 2.24) is 0 Å². The molecule has 0 aromatic heterocycles. The van der Waals surface area contributed by atoms with E-state index in [1.54, 1.807) is 18.2 Å². The fourth-order valence-electron chi connectivity index (χ4n) is 2.33. The molecule has 1 aliphatic carbocycles. The molecule has 0 amide bonds. The van der Waals surface area contributed by atoms with E-state index in [1.807, 2.05) is 6.07 Å². The lowest BCUT2D eigenvalue weighted by Crippen LogP contribution is -2.21. The number of rotatable bonds is 5. The van der Waals surface area contributed by atoms with E-state index in [9.17, 15) is 8.42 Å². The summed E-state index contributed by atoms with van der Waals surface area (Å²) in [7, 11) is -3.70. The minimum absolute atomic E-state index is 0.480. The zero-order valence-corrected chi connectivity index (χ0v) is 11.0. The third-order valence-electron chi connectivity index (χ3n) is 3.19. The Morgan fingerprint density at radius 3 is 2.56 bits per heavy atom. The third kappa shape index (κ3) is 4.19. The standard InChI is InChI=1S/C12H19N3O2S/c13-18(16,17)15-12-7-3-6-11(8-12)14-9-10-4-1-2-5-10/h3,6-8,10,14-15H,1-2,4-5,9H2,(H2,13,16,17). The van der Waals surface area contributed by atoms with Crippen LogP contribution in [0.5, 0.6) is 0 Å². The van der Waals surface area contributed by atoms with E-state index in [1.165, 1.54) is 25.7 Å². The molecule has 0 spiro atoms. The van der Waals surface area contributed by atoms with Gasteiger partial charge in [0.25, 0.3) is 10.2 Å². The summed E-state index contributed by atoms with van der Waals surface area (Å²) in [5, 5.41) is 8.27. The number of hydrogen-bond donors (Lipinski definition) is 3. The molecule has 2 rings (SSSR count). The van der Waals surface area contributed by atoms with Crippen molar-refractivity contribution in [1.29, 1.82) is 0 Å². The lowest BCUT2D eigenvalue weighted by Gasteiger charge is -2.12. The van der Waals surface area contributed by atoms with E-state index in [0.29, 0.717) is 5.69 Å². The summed E-state index contributed by atoms with van der Waals surface area (Å²) in [6, 6.07) is 7.14. The number of nitrogens with two attached hydrogens (primary N) is 1. The van der Waals surface area contributed by atoms with Crippen LogP contribution in [-0.4, -0.2) is 15.0 Å². The molecule has 1 fully saturated rings. The first-order chi connectivity index (χ1) is 8.53. The highest BCUT2D eigenvalue weighted by molar-refractivity contribution is 7.90. The Balaban J connectivity index is 1.94. The van der Waals surface area contributed by atoms with E-state index >= 15 is 0 Å². The molecule has 1 aromatic rings. The molecule has 1 aliphatic rings. The number of hydrogen-bond acceptors (Lipinski definition) is 3. The molecule has 1 aromatic carbocycles. The molecule has 0 saturated heterocycles. The van der Waals surface area contributed by atoms with Gasteiger partial charge >= 0.3 is 0 Å².